The third-order valence-electron chi connectivity index (χ3n) is 4.92. The van der Waals surface area contributed by atoms with E-state index in [4.69, 9.17) is 9.47 Å². The summed E-state index contributed by atoms with van der Waals surface area (Å²) in [6.07, 6.45) is 3.35. The predicted octanol–water partition coefficient (Wildman–Crippen LogP) is 2.62. The fraction of sp³-hybridized carbons (Fsp3) is 0.611. The molecule has 2 aliphatic rings. The van der Waals surface area contributed by atoms with Crippen molar-refractivity contribution in [3.05, 3.63) is 35.9 Å². The van der Waals surface area contributed by atoms with Gasteiger partial charge in [0.25, 0.3) is 0 Å². The van der Waals surface area contributed by atoms with E-state index in [9.17, 15) is 4.79 Å². The zero-order chi connectivity index (χ0) is 15.4. The van der Waals surface area contributed by atoms with Crippen molar-refractivity contribution >= 4 is 5.91 Å². The molecule has 0 radical (unpaired) electrons. The smallest absolute Gasteiger partial charge is 0.222 e. The molecule has 2 saturated heterocycles. The lowest BCUT2D eigenvalue weighted by molar-refractivity contribution is -0.191. The number of carbonyl (C=O) groups excluding carboxylic acids is 1. The minimum atomic E-state index is -0.431. The summed E-state index contributed by atoms with van der Waals surface area (Å²) in [6, 6.07) is 10.2. The van der Waals surface area contributed by atoms with E-state index in [1.807, 2.05) is 30.0 Å². The summed E-state index contributed by atoms with van der Waals surface area (Å²) in [4.78, 5) is 14.3. The maximum Gasteiger partial charge on any atom is 0.222 e. The molecule has 0 bridgehead atoms. The largest absolute Gasteiger partial charge is 0.348 e. The van der Waals surface area contributed by atoms with E-state index >= 15 is 0 Å². The zero-order valence-electron chi connectivity index (χ0n) is 13.3. The highest BCUT2D eigenvalue weighted by Crippen LogP contribution is 2.35. The van der Waals surface area contributed by atoms with Crippen molar-refractivity contribution in [3.63, 3.8) is 0 Å². The molecule has 120 valence electrons. The SMILES string of the molecule is CC1(C2CCN(C(=O)CCc3ccccc3)CC2)OCCO1. The van der Waals surface area contributed by atoms with E-state index in [0.717, 1.165) is 32.4 Å². The van der Waals surface area contributed by atoms with Crippen LogP contribution in [0.5, 0.6) is 0 Å². The van der Waals surface area contributed by atoms with Crippen LogP contribution in [0.1, 0.15) is 31.7 Å². The van der Waals surface area contributed by atoms with Crippen LogP contribution >= 0.6 is 0 Å². The van der Waals surface area contributed by atoms with Gasteiger partial charge in [-0.1, -0.05) is 30.3 Å². The first-order chi connectivity index (χ1) is 10.7. The van der Waals surface area contributed by atoms with Gasteiger partial charge in [0.15, 0.2) is 5.79 Å². The van der Waals surface area contributed by atoms with Gasteiger partial charge in [-0.2, -0.15) is 0 Å². The van der Waals surface area contributed by atoms with E-state index in [-0.39, 0.29) is 5.91 Å². The van der Waals surface area contributed by atoms with Crippen LogP contribution in [-0.4, -0.2) is 42.9 Å². The van der Waals surface area contributed by atoms with Crippen molar-refractivity contribution in [2.24, 2.45) is 5.92 Å². The van der Waals surface area contributed by atoms with Crippen molar-refractivity contribution < 1.29 is 14.3 Å². The van der Waals surface area contributed by atoms with Crippen LogP contribution in [0.3, 0.4) is 0 Å². The van der Waals surface area contributed by atoms with Crippen LogP contribution in [0.4, 0.5) is 0 Å². The molecule has 2 heterocycles. The fourth-order valence-electron chi connectivity index (χ4n) is 3.47. The Morgan fingerprint density at radius 1 is 1.18 bits per heavy atom. The topological polar surface area (TPSA) is 38.8 Å². The van der Waals surface area contributed by atoms with Crippen molar-refractivity contribution in [3.8, 4) is 0 Å². The van der Waals surface area contributed by atoms with Gasteiger partial charge in [-0.3, -0.25) is 4.79 Å². The first-order valence-electron chi connectivity index (χ1n) is 8.27. The van der Waals surface area contributed by atoms with Gasteiger partial charge in [-0.05, 0) is 31.7 Å². The Kier molecular flexibility index (Phi) is 4.79. The number of likely N-dealkylation sites (tertiary alicyclic amines) is 1. The lowest BCUT2D eigenvalue weighted by Crippen LogP contribution is -2.46. The number of benzene rings is 1. The summed E-state index contributed by atoms with van der Waals surface area (Å²) >= 11 is 0. The summed E-state index contributed by atoms with van der Waals surface area (Å²) in [5, 5.41) is 0. The lowest BCUT2D eigenvalue weighted by Gasteiger charge is -2.39. The number of hydrogen-bond donors (Lipinski definition) is 0. The molecule has 0 saturated carbocycles. The van der Waals surface area contributed by atoms with E-state index < -0.39 is 5.79 Å². The Labute approximate surface area is 132 Å². The number of ether oxygens (including phenoxy) is 2. The molecule has 0 N–H and O–H groups in total. The van der Waals surface area contributed by atoms with Crippen molar-refractivity contribution in [2.45, 2.75) is 38.4 Å². The van der Waals surface area contributed by atoms with Crippen molar-refractivity contribution in [1.82, 2.24) is 4.90 Å². The Morgan fingerprint density at radius 3 is 2.45 bits per heavy atom. The standard InChI is InChI=1S/C18H25NO3/c1-18(21-13-14-22-18)16-9-11-19(12-10-16)17(20)8-7-15-5-3-2-4-6-15/h2-6,16H,7-14H2,1H3. The number of carbonyl (C=O) groups is 1. The van der Waals surface area contributed by atoms with E-state index in [1.54, 1.807) is 0 Å². The number of rotatable bonds is 4. The van der Waals surface area contributed by atoms with E-state index in [2.05, 4.69) is 12.1 Å². The van der Waals surface area contributed by atoms with Gasteiger partial charge in [0.2, 0.25) is 5.91 Å². The highest BCUT2D eigenvalue weighted by molar-refractivity contribution is 5.76. The molecule has 3 rings (SSSR count). The van der Waals surface area contributed by atoms with Gasteiger partial charge in [0.1, 0.15) is 0 Å². The Hall–Kier alpha value is -1.39. The van der Waals surface area contributed by atoms with Crippen LogP contribution in [0, 0.1) is 5.92 Å². The summed E-state index contributed by atoms with van der Waals surface area (Å²) in [5.41, 5.74) is 1.23. The highest BCUT2D eigenvalue weighted by Gasteiger charge is 2.41. The van der Waals surface area contributed by atoms with Gasteiger partial charge in [-0.25, -0.2) is 0 Å². The van der Waals surface area contributed by atoms with Crippen LogP contribution in [0.15, 0.2) is 30.3 Å². The molecule has 0 aliphatic carbocycles. The maximum atomic E-state index is 12.3. The number of aryl methyl sites for hydroxylation is 1. The van der Waals surface area contributed by atoms with Gasteiger partial charge < -0.3 is 14.4 Å². The van der Waals surface area contributed by atoms with Gasteiger partial charge in [0, 0.05) is 25.4 Å². The predicted molar refractivity (Wildman–Crippen MR) is 84.4 cm³/mol. The van der Waals surface area contributed by atoms with Gasteiger partial charge in [0.05, 0.1) is 13.2 Å². The third-order valence-corrected chi connectivity index (χ3v) is 4.92. The van der Waals surface area contributed by atoms with Crippen molar-refractivity contribution in [2.75, 3.05) is 26.3 Å². The minimum absolute atomic E-state index is 0.265. The summed E-state index contributed by atoms with van der Waals surface area (Å²) in [5.74, 6) is 0.230. The van der Waals surface area contributed by atoms with E-state index in [0.29, 0.717) is 25.6 Å². The summed E-state index contributed by atoms with van der Waals surface area (Å²) in [6.45, 7) is 5.05. The fourth-order valence-corrected chi connectivity index (χ4v) is 3.47. The Balaban J connectivity index is 1.45. The molecule has 1 aromatic rings. The van der Waals surface area contributed by atoms with Gasteiger partial charge in [-0.15, -0.1) is 0 Å². The molecule has 2 aliphatic heterocycles. The molecule has 4 heteroatoms. The molecular formula is C18H25NO3. The van der Waals surface area contributed by atoms with Crippen molar-refractivity contribution in [1.29, 1.82) is 0 Å². The number of nitrogens with zero attached hydrogens (tertiary/aromatic N) is 1. The number of piperidine rings is 1. The Morgan fingerprint density at radius 2 is 1.82 bits per heavy atom. The maximum absolute atomic E-state index is 12.3. The number of hydrogen-bond acceptors (Lipinski definition) is 3. The Bertz CT molecular complexity index is 488. The molecule has 1 aromatic carbocycles. The lowest BCUT2D eigenvalue weighted by atomic mass is 9.89. The van der Waals surface area contributed by atoms with Gasteiger partial charge >= 0.3 is 0 Å². The monoisotopic (exact) mass is 303 g/mol. The molecule has 0 unspecified atom stereocenters. The van der Waals surface area contributed by atoms with Crippen LogP contribution in [-0.2, 0) is 20.7 Å². The molecule has 0 spiro atoms. The van der Waals surface area contributed by atoms with E-state index in [1.165, 1.54) is 5.56 Å². The first kappa shape index (κ1) is 15.5. The molecule has 0 atom stereocenters. The second kappa shape index (κ2) is 6.80. The third kappa shape index (κ3) is 3.50. The average molecular weight is 303 g/mol. The van der Waals surface area contributed by atoms with Crippen LogP contribution in [0.25, 0.3) is 0 Å². The quantitative estimate of drug-likeness (QED) is 0.858. The highest BCUT2D eigenvalue weighted by atomic mass is 16.7. The molecular weight excluding hydrogens is 278 g/mol. The average Bonchev–Trinajstić information content (AvgIpc) is 3.02. The number of amides is 1. The normalized spacial score (nSPS) is 22.0. The summed E-state index contributed by atoms with van der Waals surface area (Å²) < 4.78 is 11.5. The zero-order valence-corrected chi connectivity index (χ0v) is 13.3. The molecule has 2 fully saturated rings. The second-order valence-corrected chi connectivity index (χ2v) is 6.35. The molecule has 0 aromatic heterocycles. The summed E-state index contributed by atoms with van der Waals surface area (Å²) in [7, 11) is 0. The molecule has 22 heavy (non-hydrogen) atoms. The molecule has 1 amide bonds. The van der Waals surface area contributed by atoms with Crippen LogP contribution < -0.4 is 0 Å². The minimum Gasteiger partial charge on any atom is -0.348 e. The second-order valence-electron chi connectivity index (χ2n) is 6.35. The van der Waals surface area contributed by atoms with Crippen LogP contribution in [0.2, 0.25) is 0 Å². The first-order valence-corrected chi connectivity index (χ1v) is 8.27. The molecule has 4 nitrogen and oxygen atoms in total.